The first kappa shape index (κ1) is 14.2. The van der Waals surface area contributed by atoms with E-state index in [0.29, 0.717) is 12.3 Å². The van der Waals surface area contributed by atoms with Crippen molar-refractivity contribution in [1.29, 1.82) is 5.26 Å². The number of hydrogen-bond donors (Lipinski definition) is 1. The van der Waals surface area contributed by atoms with Crippen molar-refractivity contribution < 1.29 is 4.79 Å². The minimum absolute atomic E-state index is 0.0872. The molecule has 0 fully saturated rings. The SMILES string of the molecule is CC(C)C(C)NC(=O)C(C#N)Cc1ccccc1. The van der Waals surface area contributed by atoms with Gasteiger partial charge >= 0.3 is 0 Å². The third-order valence-electron chi connectivity index (χ3n) is 3.12. The van der Waals surface area contributed by atoms with Crippen LogP contribution in [0, 0.1) is 23.2 Å². The summed E-state index contributed by atoms with van der Waals surface area (Å²) in [5, 5.41) is 12.0. The van der Waals surface area contributed by atoms with Gasteiger partial charge in [-0.25, -0.2) is 0 Å². The molecule has 0 bridgehead atoms. The second kappa shape index (κ2) is 6.80. The standard InChI is InChI=1S/C15H20N2O/c1-11(2)12(3)17-15(18)14(10-16)9-13-7-5-4-6-8-13/h4-8,11-12,14H,9H2,1-3H3,(H,17,18). The minimum Gasteiger partial charge on any atom is -0.352 e. The van der Waals surface area contributed by atoms with E-state index in [-0.39, 0.29) is 11.9 Å². The maximum Gasteiger partial charge on any atom is 0.237 e. The van der Waals surface area contributed by atoms with Crippen LogP contribution in [0.3, 0.4) is 0 Å². The van der Waals surface area contributed by atoms with Gasteiger partial charge in [0.2, 0.25) is 5.91 Å². The van der Waals surface area contributed by atoms with Gasteiger partial charge in [-0.15, -0.1) is 0 Å². The van der Waals surface area contributed by atoms with Crippen molar-refractivity contribution in [2.24, 2.45) is 11.8 Å². The largest absolute Gasteiger partial charge is 0.352 e. The van der Waals surface area contributed by atoms with Crippen LogP contribution < -0.4 is 5.32 Å². The predicted molar refractivity (Wildman–Crippen MR) is 71.7 cm³/mol. The zero-order chi connectivity index (χ0) is 13.5. The number of amides is 1. The van der Waals surface area contributed by atoms with Gasteiger partial charge in [-0.1, -0.05) is 44.2 Å². The summed E-state index contributed by atoms with van der Waals surface area (Å²) in [4.78, 5) is 12.0. The third-order valence-corrected chi connectivity index (χ3v) is 3.12. The smallest absolute Gasteiger partial charge is 0.237 e. The quantitative estimate of drug-likeness (QED) is 0.865. The minimum atomic E-state index is -0.617. The van der Waals surface area contributed by atoms with Gasteiger partial charge in [-0.05, 0) is 24.8 Å². The van der Waals surface area contributed by atoms with Gasteiger partial charge in [-0.3, -0.25) is 4.79 Å². The monoisotopic (exact) mass is 244 g/mol. The van der Waals surface area contributed by atoms with Crippen molar-refractivity contribution in [3.05, 3.63) is 35.9 Å². The van der Waals surface area contributed by atoms with Crippen molar-refractivity contribution in [3.8, 4) is 6.07 Å². The van der Waals surface area contributed by atoms with E-state index >= 15 is 0 Å². The second-order valence-electron chi connectivity index (χ2n) is 4.91. The number of nitrogens with zero attached hydrogens (tertiary/aromatic N) is 1. The van der Waals surface area contributed by atoms with Gasteiger partial charge in [0.1, 0.15) is 5.92 Å². The van der Waals surface area contributed by atoms with Crippen LogP contribution in [-0.4, -0.2) is 11.9 Å². The molecule has 96 valence electrons. The van der Waals surface area contributed by atoms with Crippen LogP contribution in [0.4, 0.5) is 0 Å². The van der Waals surface area contributed by atoms with Gasteiger partial charge < -0.3 is 5.32 Å². The number of carbonyl (C=O) groups excluding carboxylic acids is 1. The highest BCUT2D eigenvalue weighted by molar-refractivity contribution is 5.81. The Labute approximate surface area is 109 Å². The van der Waals surface area contributed by atoms with E-state index in [1.807, 2.05) is 51.1 Å². The van der Waals surface area contributed by atoms with Crippen molar-refractivity contribution in [2.75, 3.05) is 0 Å². The Morgan fingerprint density at radius 1 is 1.28 bits per heavy atom. The van der Waals surface area contributed by atoms with Gasteiger partial charge in [-0.2, -0.15) is 5.26 Å². The number of nitrogens with one attached hydrogen (secondary N) is 1. The molecular weight excluding hydrogens is 224 g/mol. The van der Waals surface area contributed by atoms with Crippen LogP contribution in [0.5, 0.6) is 0 Å². The van der Waals surface area contributed by atoms with E-state index in [9.17, 15) is 4.79 Å². The van der Waals surface area contributed by atoms with E-state index < -0.39 is 5.92 Å². The van der Waals surface area contributed by atoms with Crippen LogP contribution in [0.25, 0.3) is 0 Å². The molecule has 1 rings (SSSR count). The van der Waals surface area contributed by atoms with Crippen LogP contribution in [0.15, 0.2) is 30.3 Å². The first-order valence-corrected chi connectivity index (χ1v) is 6.28. The van der Waals surface area contributed by atoms with Crippen molar-refractivity contribution >= 4 is 5.91 Å². The van der Waals surface area contributed by atoms with Crippen LogP contribution in [-0.2, 0) is 11.2 Å². The third kappa shape index (κ3) is 4.21. The number of benzene rings is 1. The highest BCUT2D eigenvalue weighted by Gasteiger charge is 2.20. The molecule has 0 aliphatic carbocycles. The van der Waals surface area contributed by atoms with Crippen LogP contribution >= 0.6 is 0 Å². The summed E-state index contributed by atoms with van der Waals surface area (Å²) in [6, 6.07) is 11.8. The molecule has 2 atom stereocenters. The highest BCUT2D eigenvalue weighted by atomic mass is 16.1. The molecule has 1 aromatic carbocycles. The lowest BCUT2D eigenvalue weighted by atomic mass is 9.98. The summed E-state index contributed by atoms with van der Waals surface area (Å²) in [7, 11) is 0. The summed E-state index contributed by atoms with van der Waals surface area (Å²) in [5.74, 6) is -0.429. The Balaban J connectivity index is 2.62. The number of hydrogen-bond acceptors (Lipinski definition) is 2. The molecule has 0 saturated heterocycles. The Kier molecular flexibility index (Phi) is 5.38. The summed E-state index contributed by atoms with van der Waals surface area (Å²) in [6.45, 7) is 6.05. The van der Waals surface area contributed by atoms with Crippen LogP contribution in [0.2, 0.25) is 0 Å². The van der Waals surface area contributed by atoms with Crippen molar-refractivity contribution in [1.82, 2.24) is 5.32 Å². The molecule has 2 unspecified atom stereocenters. The average molecular weight is 244 g/mol. The summed E-state index contributed by atoms with van der Waals surface area (Å²) in [5.41, 5.74) is 1.01. The van der Waals surface area contributed by atoms with Gasteiger partial charge in [0.15, 0.2) is 0 Å². The zero-order valence-electron chi connectivity index (χ0n) is 11.2. The number of nitriles is 1. The Bertz CT molecular complexity index is 420. The first-order valence-electron chi connectivity index (χ1n) is 6.28. The number of rotatable bonds is 5. The number of carbonyl (C=O) groups is 1. The fourth-order valence-corrected chi connectivity index (χ4v) is 1.54. The highest BCUT2D eigenvalue weighted by Crippen LogP contribution is 2.09. The van der Waals surface area contributed by atoms with E-state index in [0.717, 1.165) is 5.56 Å². The van der Waals surface area contributed by atoms with E-state index in [2.05, 4.69) is 11.4 Å². The molecule has 0 spiro atoms. The van der Waals surface area contributed by atoms with Crippen LogP contribution in [0.1, 0.15) is 26.3 Å². The summed E-state index contributed by atoms with van der Waals surface area (Å²) >= 11 is 0. The van der Waals surface area contributed by atoms with Gasteiger partial charge in [0, 0.05) is 6.04 Å². The molecule has 18 heavy (non-hydrogen) atoms. The molecule has 0 aromatic heterocycles. The Morgan fingerprint density at radius 3 is 2.39 bits per heavy atom. The first-order chi connectivity index (χ1) is 8.54. The molecular formula is C15H20N2O. The molecule has 1 amide bonds. The molecule has 1 N–H and O–H groups in total. The zero-order valence-corrected chi connectivity index (χ0v) is 11.2. The topological polar surface area (TPSA) is 52.9 Å². The predicted octanol–water partition coefficient (Wildman–Crippen LogP) is 2.53. The normalized spacial score (nSPS) is 13.7. The fraction of sp³-hybridized carbons (Fsp3) is 0.467. The molecule has 1 aromatic rings. The lowest BCUT2D eigenvalue weighted by Crippen LogP contribution is -2.40. The average Bonchev–Trinajstić information content (AvgIpc) is 2.36. The van der Waals surface area contributed by atoms with Crippen molar-refractivity contribution in [3.63, 3.8) is 0 Å². The molecule has 3 nitrogen and oxygen atoms in total. The van der Waals surface area contributed by atoms with Crippen molar-refractivity contribution in [2.45, 2.75) is 33.2 Å². The Hall–Kier alpha value is -1.82. The molecule has 3 heteroatoms. The van der Waals surface area contributed by atoms with E-state index in [1.54, 1.807) is 0 Å². The van der Waals surface area contributed by atoms with Gasteiger partial charge in [0.05, 0.1) is 6.07 Å². The summed E-state index contributed by atoms with van der Waals surface area (Å²) < 4.78 is 0. The Morgan fingerprint density at radius 2 is 1.89 bits per heavy atom. The second-order valence-corrected chi connectivity index (χ2v) is 4.91. The lowest BCUT2D eigenvalue weighted by Gasteiger charge is -2.19. The molecule has 0 aliphatic heterocycles. The van der Waals surface area contributed by atoms with E-state index in [1.165, 1.54) is 0 Å². The molecule has 0 aliphatic rings. The maximum atomic E-state index is 12.0. The fourth-order valence-electron chi connectivity index (χ4n) is 1.54. The molecule has 0 saturated carbocycles. The molecule has 0 radical (unpaired) electrons. The maximum absolute atomic E-state index is 12.0. The summed E-state index contributed by atoms with van der Waals surface area (Å²) in [6.07, 6.45) is 0.466. The van der Waals surface area contributed by atoms with Gasteiger partial charge in [0.25, 0.3) is 0 Å². The molecule has 0 heterocycles. The van der Waals surface area contributed by atoms with E-state index in [4.69, 9.17) is 5.26 Å². The lowest BCUT2D eigenvalue weighted by molar-refractivity contribution is -0.124.